The van der Waals surface area contributed by atoms with Crippen LogP contribution in [0.2, 0.25) is 18.1 Å². The van der Waals surface area contributed by atoms with Crippen LogP contribution in [0.5, 0.6) is 0 Å². The van der Waals surface area contributed by atoms with Crippen LogP contribution in [-0.4, -0.2) is 14.9 Å². The van der Waals surface area contributed by atoms with Gasteiger partial charge in [0.05, 0.1) is 0 Å². The van der Waals surface area contributed by atoms with E-state index >= 15 is 0 Å². The van der Waals surface area contributed by atoms with Gasteiger partial charge in [-0.05, 0) is 50.2 Å². The van der Waals surface area contributed by atoms with Crippen molar-refractivity contribution in [3.05, 3.63) is 6.92 Å². The molecule has 0 unspecified atom stereocenters. The standard InChI is InChI=1S/C11H21OSi/c1-4-12-13(2,3)11-7-5-10(9-11)6-8-11/h10H,1,4-9H2,2-3H3. The van der Waals surface area contributed by atoms with E-state index in [0.717, 1.165) is 5.92 Å². The van der Waals surface area contributed by atoms with Crippen molar-refractivity contribution < 1.29 is 4.43 Å². The van der Waals surface area contributed by atoms with E-state index in [2.05, 4.69) is 20.0 Å². The van der Waals surface area contributed by atoms with E-state index in [9.17, 15) is 0 Å². The molecule has 75 valence electrons. The lowest BCUT2D eigenvalue weighted by Gasteiger charge is -2.40. The quantitative estimate of drug-likeness (QED) is 0.630. The summed E-state index contributed by atoms with van der Waals surface area (Å²) >= 11 is 0. The molecule has 0 spiro atoms. The molecule has 0 amide bonds. The van der Waals surface area contributed by atoms with Crippen molar-refractivity contribution in [2.24, 2.45) is 5.92 Å². The third kappa shape index (κ3) is 1.38. The van der Waals surface area contributed by atoms with Crippen LogP contribution in [0.1, 0.15) is 32.1 Å². The van der Waals surface area contributed by atoms with E-state index in [1.165, 1.54) is 32.1 Å². The number of rotatable bonds is 3. The summed E-state index contributed by atoms with van der Waals surface area (Å²) in [4.78, 5) is 0. The van der Waals surface area contributed by atoms with Crippen molar-refractivity contribution in [1.82, 2.24) is 0 Å². The minimum absolute atomic E-state index is 0.634. The zero-order valence-corrected chi connectivity index (χ0v) is 9.94. The van der Waals surface area contributed by atoms with Gasteiger partial charge in [-0.25, -0.2) is 0 Å². The molecule has 0 heterocycles. The van der Waals surface area contributed by atoms with Gasteiger partial charge >= 0.3 is 0 Å². The van der Waals surface area contributed by atoms with Crippen molar-refractivity contribution >= 4 is 8.32 Å². The predicted octanol–water partition coefficient (Wildman–Crippen LogP) is 3.38. The molecular formula is C11H21OSi. The summed E-state index contributed by atoms with van der Waals surface area (Å²) in [5.74, 6) is 1.04. The maximum Gasteiger partial charge on any atom is 0.192 e. The Balaban J connectivity index is 2.13. The second-order valence-electron chi connectivity index (χ2n) is 5.29. The molecule has 2 rings (SSSR count). The minimum atomic E-state index is -1.44. The van der Waals surface area contributed by atoms with Crippen molar-refractivity contribution in [1.29, 1.82) is 0 Å². The fourth-order valence-electron chi connectivity index (χ4n) is 3.45. The molecule has 0 aromatic heterocycles. The number of hydrogen-bond donors (Lipinski definition) is 0. The Morgan fingerprint density at radius 1 is 1.38 bits per heavy atom. The van der Waals surface area contributed by atoms with Crippen LogP contribution in [-0.2, 0) is 4.43 Å². The molecular weight excluding hydrogens is 176 g/mol. The van der Waals surface area contributed by atoms with E-state index in [1.807, 2.05) is 0 Å². The third-order valence-electron chi connectivity index (χ3n) is 4.48. The van der Waals surface area contributed by atoms with Crippen molar-refractivity contribution in [2.45, 2.75) is 50.2 Å². The molecule has 2 fully saturated rings. The summed E-state index contributed by atoms with van der Waals surface area (Å²) in [6.45, 7) is 9.30. The first-order valence-electron chi connectivity index (χ1n) is 5.53. The van der Waals surface area contributed by atoms with Crippen molar-refractivity contribution in [3.63, 3.8) is 0 Å². The normalized spacial score (nSPS) is 38.5. The summed E-state index contributed by atoms with van der Waals surface area (Å²) < 4.78 is 5.96. The van der Waals surface area contributed by atoms with E-state index < -0.39 is 8.32 Å². The van der Waals surface area contributed by atoms with Gasteiger partial charge in [-0.15, -0.1) is 0 Å². The Morgan fingerprint density at radius 3 is 2.38 bits per heavy atom. The number of hydrogen-bond acceptors (Lipinski definition) is 1. The lowest BCUT2D eigenvalue weighted by atomic mass is 10.0. The Kier molecular flexibility index (Phi) is 2.31. The lowest BCUT2D eigenvalue weighted by molar-refractivity contribution is 0.309. The van der Waals surface area contributed by atoms with Crippen LogP contribution in [0.25, 0.3) is 0 Å². The average Bonchev–Trinajstić information content (AvgIpc) is 2.63. The maximum atomic E-state index is 5.96. The molecule has 1 nitrogen and oxygen atoms in total. The van der Waals surface area contributed by atoms with Gasteiger partial charge in [-0.3, -0.25) is 0 Å². The zero-order valence-electron chi connectivity index (χ0n) is 8.94. The van der Waals surface area contributed by atoms with E-state index in [0.29, 0.717) is 11.6 Å². The summed E-state index contributed by atoms with van der Waals surface area (Å²) in [7, 11) is -1.44. The Hall–Kier alpha value is 0.177. The zero-order chi connectivity index (χ0) is 9.53. The van der Waals surface area contributed by atoms with Crippen molar-refractivity contribution in [2.75, 3.05) is 6.61 Å². The topological polar surface area (TPSA) is 9.23 Å². The van der Waals surface area contributed by atoms with Crippen LogP contribution in [0.15, 0.2) is 0 Å². The molecule has 0 aliphatic heterocycles. The first-order valence-corrected chi connectivity index (χ1v) is 8.44. The Labute approximate surface area is 83.0 Å². The van der Waals surface area contributed by atoms with Gasteiger partial charge in [0.1, 0.15) is 0 Å². The van der Waals surface area contributed by atoms with Gasteiger partial charge in [0.2, 0.25) is 0 Å². The highest BCUT2D eigenvalue weighted by Gasteiger charge is 2.55. The molecule has 0 saturated heterocycles. The Bertz CT molecular complexity index is 192. The molecule has 2 aliphatic rings. The third-order valence-corrected chi connectivity index (χ3v) is 8.67. The van der Waals surface area contributed by atoms with Crippen LogP contribution < -0.4 is 0 Å². The van der Waals surface area contributed by atoms with Gasteiger partial charge in [-0.1, -0.05) is 12.8 Å². The average molecular weight is 197 g/mol. The van der Waals surface area contributed by atoms with Crippen molar-refractivity contribution in [3.8, 4) is 0 Å². The molecule has 0 aromatic carbocycles. The second-order valence-corrected chi connectivity index (χ2v) is 9.66. The van der Waals surface area contributed by atoms with E-state index in [1.54, 1.807) is 0 Å². The van der Waals surface area contributed by atoms with Gasteiger partial charge in [0.25, 0.3) is 0 Å². The highest BCUT2D eigenvalue weighted by molar-refractivity contribution is 6.74. The smallest absolute Gasteiger partial charge is 0.192 e. The van der Waals surface area contributed by atoms with E-state index in [4.69, 9.17) is 4.43 Å². The van der Waals surface area contributed by atoms with Crippen LogP contribution in [0.3, 0.4) is 0 Å². The van der Waals surface area contributed by atoms with Gasteiger partial charge < -0.3 is 4.43 Å². The van der Waals surface area contributed by atoms with E-state index in [-0.39, 0.29) is 0 Å². The largest absolute Gasteiger partial charge is 0.417 e. The summed E-state index contributed by atoms with van der Waals surface area (Å²) in [5, 5.41) is 0.634. The minimum Gasteiger partial charge on any atom is -0.417 e. The molecule has 0 N–H and O–H groups in total. The molecule has 0 aromatic rings. The summed E-state index contributed by atoms with van der Waals surface area (Å²) in [6, 6.07) is 0. The second kappa shape index (κ2) is 3.09. The van der Waals surface area contributed by atoms with Crippen LogP contribution in [0.4, 0.5) is 0 Å². The molecule has 1 radical (unpaired) electrons. The van der Waals surface area contributed by atoms with Gasteiger partial charge in [-0.2, -0.15) is 0 Å². The monoisotopic (exact) mass is 197 g/mol. The van der Waals surface area contributed by atoms with Gasteiger partial charge in [0.15, 0.2) is 8.32 Å². The van der Waals surface area contributed by atoms with Crippen LogP contribution >= 0.6 is 0 Å². The SMILES string of the molecule is [CH2]CO[Si](C)(C)C12CCC(CC1)C2. The highest BCUT2D eigenvalue weighted by atomic mass is 28.4. The molecule has 2 heteroatoms. The fraction of sp³-hybridized carbons (Fsp3) is 0.909. The first kappa shape index (κ1) is 9.72. The maximum absolute atomic E-state index is 5.96. The molecule has 2 aliphatic carbocycles. The molecule has 2 saturated carbocycles. The fourth-order valence-corrected chi connectivity index (χ4v) is 6.54. The molecule has 0 atom stereocenters. The summed E-state index contributed by atoms with van der Waals surface area (Å²) in [5.41, 5.74) is 0. The first-order chi connectivity index (χ1) is 6.10. The van der Waals surface area contributed by atoms with Crippen LogP contribution in [0, 0.1) is 12.8 Å². The predicted molar refractivity (Wildman–Crippen MR) is 58.1 cm³/mol. The molecule has 2 bridgehead atoms. The summed E-state index contributed by atoms with van der Waals surface area (Å²) in [6.07, 6.45) is 7.29. The van der Waals surface area contributed by atoms with Gasteiger partial charge in [0, 0.05) is 6.61 Å². The Morgan fingerprint density at radius 2 is 2.00 bits per heavy atom. The number of fused-ring (bicyclic) bond motifs is 2. The highest BCUT2D eigenvalue weighted by Crippen LogP contribution is 2.64. The lowest BCUT2D eigenvalue weighted by Crippen LogP contribution is -2.43. The molecule has 13 heavy (non-hydrogen) atoms.